The van der Waals surface area contributed by atoms with E-state index in [4.69, 9.17) is 74.8 Å². The number of pyridine rings is 2. The van der Waals surface area contributed by atoms with Crippen LogP contribution in [0.2, 0.25) is 20.1 Å². The van der Waals surface area contributed by atoms with Crippen LogP contribution in [0.5, 0.6) is 34.5 Å². The zero-order valence-electron chi connectivity index (χ0n) is 35.5. The van der Waals surface area contributed by atoms with Gasteiger partial charge in [-0.05, 0) is 37.1 Å². The van der Waals surface area contributed by atoms with E-state index in [1.807, 2.05) is 12.1 Å². The summed E-state index contributed by atoms with van der Waals surface area (Å²) in [5.41, 5.74) is 3.95. The number of methoxy groups -OCH3 is 4. The Kier molecular flexibility index (Phi) is 15.3. The van der Waals surface area contributed by atoms with Gasteiger partial charge in [0, 0.05) is 86.7 Å². The monoisotopic (exact) mass is 944 g/mol. The van der Waals surface area contributed by atoms with Gasteiger partial charge in [-0.2, -0.15) is 10.5 Å². The van der Waals surface area contributed by atoms with Gasteiger partial charge in [0.2, 0.25) is 0 Å². The summed E-state index contributed by atoms with van der Waals surface area (Å²) in [4.78, 5) is 14.0. The zero-order chi connectivity index (χ0) is 45.3. The van der Waals surface area contributed by atoms with E-state index in [9.17, 15) is 10.5 Å². The standard InChI is InChI=1S/C46H44Cl4N8O6/c1-59-39-21-37(31(47)17-33(39)49)55-45-27(23-51)25-53-35-19-43(41(61-3)15-29(35)45)63-13-5-7-57-9-11-58(12-10-57)8-6-14-64-44-20-36-30(16-42(44)62-4)46(28(24-52)26-54-36)56-38-22-40(60-2)34(50)18-32(38)48/h15-22,25-26H,5-14H2,1-4H3,(H,53,55)(H,54,56). The molecule has 2 N–H and O–H groups in total. The smallest absolute Gasteiger partial charge is 0.163 e. The summed E-state index contributed by atoms with van der Waals surface area (Å²) in [7, 11) is 6.19. The predicted octanol–water partition coefficient (Wildman–Crippen LogP) is 10.5. The number of benzene rings is 4. The number of halogens is 4. The summed E-state index contributed by atoms with van der Waals surface area (Å²) in [5, 5.41) is 29.2. The van der Waals surface area contributed by atoms with Crippen molar-refractivity contribution >= 4 is 91.0 Å². The van der Waals surface area contributed by atoms with E-state index in [1.165, 1.54) is 26.6 Å². The highest BCUT2D eigenvalue weighted by Gasteiger charge is 2.21. The molecular weight excluding hydrogens is 902 g/mol. The van der Waals surface area contributed by atoms with Gasteiger partial charge in [-0.15, -0.1) is 0 Å². The lowest BCUT2D eigenvalue weighted by atomic mass is 10.1. The van der Waals surface area contributed by atoms with Crippen LogP contribution < -0.4 is 39.1 Å². The van der Waals surface area contributed by atoms with E-state index in [0.29, 0.717) is 123 Å². The highest BCUT2D eigenvalue weighted by atomic mass is 35.5. The van der Waals surface area contributed by atoms with Crippen molar-refractivity contribution in [2.24, 2.45) is 0 Å². The van der Waals surface area contributed by atoms with Crippen LogP contribution in [0.15, 0.2) is 60.9 Å². The number of piperazine rings is 1. The number of rotatable bonds is 18. The summed E-state index contributed by atoms with van der Waals surface area (Å²) in [5.74, 6) is 3.02. The van der Waals surface area contributed by atoms with Crippen LogP contribution in [0.1, 0.15) is 24.0 Å². The Morgan fingerprint density at radius 1 is 0.531 bits per heavy atom. The molecule has 4 aromatic carbocycles. The highest BCUT2D eigenvalue weighted by molar-refractivity contribution is 6.38. The number of nitrogens with one attached hydrogen (secondary N) is 2. The Labute approximate surface area is 391 Å². The van der Waals surface area contributed by atoms with Gasteiger partial charge in [-0.1, -0.05) is 46.4 Å². The van der Waals surface area contributed by atoms with Crippen molar-refractivity contribution in [3.05, 3.63) is 92.1 Å². The second-order valence-corrected chi connectivity index (χ2v) is 16.3. The zero-order valence-corrected chi connectivity index (χ0v) is 38.5. The minimum absolute atomic E-state index is 0.326. The molecule has 332 valence electrons. The number of nitrogens with zero attached hydrogens (tertiary/aromatic N) is 6. The van der Waals surface area contributed by atoms with E-state index >= 15 is 0 Å². The van der Waals surface area contributed by atoms with Gasteiger partial charge in [0.05, 0.1) is 107 Å². The molecule has 0 spiro atoms. The molecule has 3 heterocycles. The van der Waals surface area contributed by atoms with Crippen LogP contribution in [-0.2, 0) is 0 Å². The lowest BCUT2D eigenvalue weighted by Gasteiger charge is -2.34. The molecule has 1 fully saturated rings. The third-order valence-electron chi connectivity index (χ3n) is 10.8. The van der Waals surface area contributed by atoms with Crippen molar-refractivity contribution in [3.8, 4) is 46.6 Å². The lowest BCUT2D eigenvalue weighted by Crippen LogP contribution is -2.47. The molecule has 0 aliphatic carbocycles. The number of aromatic nitrogens is 2. The molecule has 1 saturated heterocycles. The molecule has 2 aromatic heterocycles. The van der Waals surface area contributed by atoms with Crippen LogP contribution in [0.25, 0.3) is 21.8 Å². The first-order valence-electron chi connectivity index (χ1n) is 20.2. The molecule has 6 aromatic rings. The molecule has 0 radical (unpaired) electrons. The van der Waals surface area contributed by atoms with Crippen LogP contribution in [-0.4, -0.2) is 101 Å². The van der Waals surface area contributed by atoms with E-state index in [2.05, 4.69) is 42.5 Å². The summed E-state index contributed by atoms with van der Waals surface area (Å²) >= 11 is 25.5. The molecule has 7 rings (SSSR count). The first-order valence-corrected chi connectivity index (χ1v) is 21.7. The van der Waals surface area contributed by atoms with Crippen molar-refractivity contribution in [1.29, 1.82) is 10.5 Å². The molecule has 14 nitrogen and oxygen atoms in total. The Hall–Kier alpha value is -5.84. The van der Waals surface area contributed by atoms with Gasteiger partial charge < -0.3 is 48.9 Å². The van der Waals surface area contributed by atoms with Gasteiger partial charge in [-0.25, -0.2) is 0 Å². The summed E-state index contributed by atoms with van der Waals surface area (Å²) in [6.07, 6.45) is 4.66. The van der Waals surface area contributed by atoms with E-state index in [-0.39, 0.29) is 0 Å². The molecule has 0 saturated carbocycles. The number of ether oxygens (including phenoxy) is 6. The number of hydrogen-bond donors (Lipinski definition) is 2. The summed E-state index contributed by atoms with van der Waals surface area (Å²) in [6, 6.07) is 18.2. The maximum absolute atomic E-state index is 9.92. The molecule has 1 aliphatic rings. The van der Waals surface area contributed by atoms with Crippen molar-refractivity contribution in [2.45, 2.75) is 12.8 Å². The van der Waals surface area contributed by atoms with Gasteiger partial charge >= 0.3 is 0 Å². The van der Waals surface area contributed by atoms with Crippen molar-refractivity contribution in [2.75, 3.05) is 91.6 Å². The van der Waals surface area contributed by atoms with E-state index in [0.717, 1.165) is 52.1 Å². The van der Waals surface area contributed by atoms with E-state index in [1.54, 1.807) is 50.6 Å². The van der Waals surface area contributed by atoms with Crippen molar-refractivity contribution in [3.63, 3.8) is 0 Å². The Morgan fingerprint density at radius 3 is 1.28 bits per heavy atom. The quantitative estimate of drug-likeness (QED) is 0.0784. The molecule has 0 bridgehead atoms. The lowest BCUT2D eigenvalue weighted by molar-refractivity contribution is 0.120. The summed E-state index contributed by atoms with van der Waals surface area (Å²) in [6.45, 7) is 6.54. The number of hydrogen-bond acceptors (Lipinski definition) is 14. The van der Waals surface area contributed by atoms with E-state index < -0.39 is 0 Å². The first kappa shape index (κ1) is 46.2. The van der Waals surface area contributed by atoms with Gasteiger partial charge in [0.1, 0.15) is 23.6 Å². The molecular formula is C46H44Cl4N8O6. The molecule has 0 atom stereocenters. The number of nitriles is 2. The maximum Gasteiger partial charge on any atom is 0.163 e. The topological polar surface area (TPSA) is 159 Å². The second kappa shape index (κ2) is 21.2. The average molecular weight is 947 g/mol. The normalized spacial score (nSPS) is 13.0. The molecule has 0 amide bonds. The fourth-order valence-electron chi connectivity index (χ4n) is 7.39. The van der Waals surface area contributed by atoms with Crippen molar-refractivity contribution in [1.82, 2.24) is 19.8 Å². The van der Waals surface area contributed by atoms with Crippen LogP contribution in [0.4, 0.5) is 22.7 Å². The minimum Gasteiger partial charge on any atom is -0.495 e. The largest absolute Gasteiger partial charge is 0.495 e. The number of anilines is 4. The molecule has 1 aliphatic heterocycles. The average Bonchev–Trinajstić information content (AvgIpc) is 3.30. The first-order chi connectivity index (χ1) is 31.1. The fourth-order valence-corrected chi connectivity index (χ4v) is 8.41. The molecule has 64 heavy (non-hydrogen) atoms. The maximum atomic E-state index is 9.92. The minimum atomic E-state index is 0.326. The second-order valence-electron chi connectivity index (χ2n) is 14.6. The van der Waals surface area contributed by atoms with Gasteiger partial charge in [0.15, 0.2) is 23.0 Å². The Bertz CT molecular complexity index is 2570. The van der Waals surface area contributed by atoms with Crippen LogP contribution in [0.3, 0.4) is 0 Å². The Balaban J connectivity index is 0.893. The third kappa shape index (κ3) is 10.4. The van der Waals surface area contributed by atoms with Crippen LogP contribution in [0, 0.1) is 22.7 Å². The Morgan fingerprint density at radius 2 is 0.922 bits per heavy atom. The van der Waals surface area contributed by atoms with Gasteiger partial charge in [-0.3, -0.25) is 9.97 Å². The van der Waals surface area contributed by atoms with Crippen LogP contribution >= 0.6 is 46.4 Å². The molecule has 0 unspecified atom stereocenters. The predicted molar refractivity (Wildman–Crippen MR) is 252 cm³/mol. The SMILES string of the molecule is COc1cc(Nc2c(C#N)cnc3cc(OCCCN4CCN(CCCOc5cc6ncc(C#N)c(Nc7cc(OC)c(Cl)cc7Cl)c6cc5OC)CC4)c(OC)cc23)c(Cl)cc1Cl. The molecule has 18 heteroatoms. The summed E-state index contributed by atoms with van der Waals surface area (Å²) < 4.78 is 34.6. The highest BCUT2D eigenvalue weighted by Crippen LogP contribution is 2.42. The van der Waals surface area contributed by atoms with Crippen molar-refractivity contribution < 1.29 is 28.4 Å². The fraction of sp³-hybridized carbons (Fsp3) is 0.304. The van der Waals surface area contributed by atoms with Gasteiger partial charge in [0.25, 0.3) is 0 Å². The third-order valence-corrected chi connectivity index (χ3v) is 12.0. The number of fused-ring (bicyclic) bond motifs is 2.